The van der Waals surface area contributed by atoms with Crippen LogP contribution in [0.3, 0.4) is 0 Å². The van der Waals surface area contributed by atoms with E-state index in [9.17, 15) is 4.79 Å². The summed E-state index contributed by atoms with van der Waals surface area (Å²) in [5, 5.41) is 11.5. The van der Waals surface area contributed by atoms with E-state index in [-0.39, 0.29) is 11.6 Å². The summed E-state index contributed by atoms with van der Waals surface area (Å²) in [4.78, 5) is 24.3. The van der Waals surface area contributed by atoms with Gasteiger partial charge in [-0.3, -0.25) is 14.8 Å². The Labute approximate surface area is 146 Å². The molecule has 0 bridgehead atoms. The highest BCUT2D eigenvalue weighted by Gasteiger charge is 2.29. The Hall–Kier alpha value is -1.78. The number of aromatic amines is 1. The topological polar surface area (TPSA) is 92.1 Å². The number of hydrogen-bond acceptors (Lipinski definition) is 8. The first-order valence-corrected chi connectivity index (χ1v) is 9.75. The highest BCUT2D eigenvalue weighted by Crippen LogP contribution is 2.31. The maximum atomic E-state index is 12.3. The van der Waals surface area contributed by atoms with Gasteiger partial charge in [0, 0.05) is 12.6 Å². The minimum atomic E-state index is -0.129. The average Bonchev–Trinajstić information content (AvgIpc) is 3.26. The van der Waals surface area contributed by atoms with Crippen molar-refractivity contribution in [2.45, 2.75) is 36.7 Å². The fourth-order valence-electron chi connectivity index (χ4n) is 3.03. The van der Waals surface area contributed by atoms with Crippen LogP contribution in [0.15, 0.2) is 15.2 Å². The van der Waals surface area contributed by atoms with E-state index < -0.39 is 0 Å². The molecular formula is C14H17N7OS2. The molecule has 0 unspecified atom stereocenters. The number of likely N-dealkylation sites (tertiary alicyclic amines) is 1. The number of H-pyrrole nitrogens is 1. The van der Waals surface area contributed by atoms with Crippen LogP contribution < -0.4 is 5.56 Å². The molecule has 0 spiro atoms. The largest absolute Gasteiger partial charge is 0.287 e. The molecule has 126 valence electrons. The Morgan fingerprint density at radius 3 is 3.08 bits per heavy atom. The number of rotatable bonds is 4. The van der Waals surface area contributed by atoms with Crippen LogP contribution in [-0.4, -0.2) is 47.5 Å². The number of hydrogen-bond donors (Lipinski definition) is 1. The molecule has 1 atom stereocenters. The van der Waals surface area contributed by atoms with Crippen LogP contribution in [0.2, 0.25) is 0 Å². The van der Waals surface area contributed by atoms with Crippen LogP contribution >= 0.6 is 23.1 Å². The lowest BCUT2D eigenvalue weighted by Crippen LogP contribution is -2.26. The predicted molar refractivity (Wildman–Crippen MR) is 92.4 cm³/mol. The average molecular weight is 363 g/mol. The van der Waals surface area contributed by atoms with Crippen molar-refractivity contribution >= 4 is 28.1 Å². The van der Waals surface area contributed by atoms with Gasteiger partial charge in [-0.2, -0.15) is 9.61 Å². The summed E-state index contributed by atoms with van der Waals surface area (Å²) in [5.74, 6) is 1.65. The molecule has 0 aliphatic carbocycles. The van der Waals surface area contributed by atoms with E-state index in [0.29, 0.717) is 11.5 Å². The van der Waals surface area contributed by atoms with E-state index in [0.717, 1.165) is 41.1 Å². The molecule has 3 aromatic heterocycles. The monoisotopic (exact) mass is 363 g/mol. The van der Waals surface area contributed by atoms with Gasteiger partial charge in [0.2, 0.25) is 4.96 Å². The number of fused-ring (bicyclic) bond motifs is 1. The van der Waals surface area contributed by atoms with Crippen LogP contribution in [0, 0.1) is 6.92 Å². The molecule has 0 amide bonds. The van der Waals surface area contributed by atoms with Crippen molar-refractivity contribution in [1.82, 2.24) is 34.7 Å². The van der Waals surface area contributed by atoms with Gasteiger partial charge in [-0.05, 0) is 32.6 Å². The van der Waals surface area contributed by atoms with Crippen molar-refractivity contribution in [2.24, 2.45) is 0 Å². The van der Waals surface area contributed by atoms with Crippen molar-refractivity contribution < 1.29 is 0 Å². The Bertz CT molecular complexity index is 931. The Morgan fingerprint density at radius 1 is 1.46 bits per heavy atom. The quantitative estimate of drug-likeness (QED) is 0.704. The van der Waals surface area contributed by atoms with Crippen LogP contribution in [0.1, 0.15) is 36.2 Å². The van der Waals surface area contributed by atoms with Gasteiger partial charge in [0.05, 0.1) is 11.7 Å². The smallest absolute Gasteiger partial charge is 0.275 e. The molecule has 1 N–H and O–H groups in total. The zero-order valence-electron chi connectivity index (χ0n) is 13.4. The van der Waals surface area contributed by atoms with Gasteiger partial charge >= 0.3 is 0 Å². The van der Waals surface area contributed by atoms with Gasteiger partial charge in [0.1, 0.15) is 5.82 Å². The second kappa shape index (κ2) is 6.26. The lowest BCUT2D eigenvalue weighted by molar-refractivity contribution is 0.237. The summed E-state index contributed by atoms with van der Waals surface area (Å²) in [7, 11) is 0. The standard InChI is InChI=1S/C14H17N7OS2/c1-8-15-12(18-17-8)10-4-3-5-20(10)7-9-6-11(22)21-13(16-9)24-14(19-21)23-2/h6,10H,3-5,7H2,1-2H3,(H,15,17,18)/t10-/m1/s1. The molecule has 1 fully saturated rings. The SMILES string of the molecule is CSc1nn2c(=O)cc(CN3CCC[C@@H]3c3n[nH]c(C)n3)nc2s1. The fraction of sp³-hybridized carbons (Fsp3) is 0.500. The first-order chi connectivity index (χ1) is 11.6. The highest BCUT2D eigenvalue weighted by atomic mass is 32.2. The molecule has 8 nitrogen and oxygen atoms in total. The first-order valence-electron chi connectivity index (χ1n) is 7.71. The van der Waals surface area contributed by atoms with E-state index in [4.69, 9.17) is 0 Å². The van der Waals surface area contributed by atoms with Gasteiger partial charge in [0.15, 0.2) is 10.2 Å². The van der Waals surface area contributed by atoms with Gasteiger partial charge in [-0.25, -0.2) is 9.97 Å². The maximum Gasteiger partial charge on any atom is 0.275 e. The van der Waals surface area contributed by atoms with Crippen molar-refractivity contribution in [1.29, 1.82) is 0 Å². The minimum Gasteiger partial charge on any atom is -0.287 e. The molecule has 24 heavy (non-hydrogen) atoms. The minimum absolute atomic E-state index is 0.129. The van der Waals surface area contributed by atoms with E-state index in [1.807, 2.05) is 13.2 Å². The summed E-state index contributed by atoms with van der Waals surface area (Å²) in [6.07, 6.45) is 4.06. The Kier molecular flexibility index (Phi) is 4.10. The van der Waals surface area contributed by atoms with E-state index in [1.165, 1.54) is 27.6 Å². The molecule has 4 rings (SSSR count). The summed E-state index contributed by atoms with van der Waals surface area (Å²) in [6, 6.07) is 1.76. The zero-order chi connectivity index (χ0) is 16.7. The van der Waals surface area contributed by atoms with Gasteiger partial charge < -0.3 is 0 Å². The summed E-state index contributed by atoms with van der Waals surface area (Å²) >= 11 is 2.96. The molecule has 10 heteroatoms. The van der Waals surface area contributed by atoms with Gasteiger partial charge in [0.25, 0.3) is 5.56 Å². The first kappa shape index (κ1) is 15.7. The summed E-state index contributed by atoms with van der Waals surface area (Å²) in [5.41, 5.74) is 0.645. The van der Waals surface area contributed by atoms with E-state index >= 15 is 0 Å². The number of nitrogens with zero attached hydrogens (tertiary/aromatic N) is 6. The third-order valence-electron chi connectivity index (χ3n) is 4.10. The highest BCUT2D eigenvalue weighted by molar-refractivity contribution is 8.00. The third-order valence-corrected chi connectivity index (χ3v) is 5.98. The lowest BCUT2D eigenvalue weighted by Gasteiger charge is -2.21. The van der Waals surface area contributed by atoms with Crippen molar-refractivity contribution in [3.63, 3.8) is 0 Å². The van der Waals surface area contributed by atoms with Crippen LogP contribution in [0.5, 0.6) is 0 Å². The second-order valence-electron chi connectivity index (χ2n) is 5.76. The molecule has 0 saturated carbocycles. The van der Waals surface area contributed by atoms with Crippen molar-refractivity contribution in [3.05, 3.63) is 33.8 Å². The van der Waals surface area contributed by atoms with Crippen molar-refractivity contribution in [3.8, 4) is 0 Å². The van der Waals surface area contributed by atoms with Gasteiger partial charge in [-0.15, -0.1) is 5.10 Å². The molecule has 3 aromatic rings. The normalized spacial score (nSPS) is 18.7. The molecule has 1 aliphatic heterocycles. The van der Waals surface area contributed by atoms with Crippen LogP contribution in [-0.2, 0) is 6.54 Å². The summed E-state index contributed by atoms with van der Waals surface area (Å²) < 4.78 is 2.21. The molecule has 4 heterocycles. The number of nitrogens with one attached hydrogen (secondary N) is 1. The van der Waals surface area contributed by atoms with E-state index in [1.54, 1.807) is 6.07 Å². The molecule has 0 aromatic carbocycles. The summed E-state index contributed by atoms with van der Waals surface area (Å²) in [6.45, 7) is 3.48. The second-order valence-corrected chi connectivity index (χ2v) is 7.77. The lowest BCUT2D eigenvalue weighted by atomic mass is 10.2. The molecule has 1 aliphatic rings. The van der Waals surface area contributed by atoms with E-state index in [2.05, 4.69) is 30.2 Å². The van der Waals surface area contributed by atoms with Crippen molar-refractivity contribution in [2.75, 3.05) is 12.8 Å². The molecular weight excluding hydrogens is 346 g/mol. The van der Waals surface area contributed by atoms with Crippen LogP contribution in [0.25, 0.3) is 4.96 Å². The predicted octanol–water partition coefficient (Wildman–Crippen LogP) is 1.64. The third kappa shape index (κ3) is 2.85. The maximum absolute atomic E-state index is 12.3. The Morgan fingerprint density at radius 2 is 2.33 bits per heavy atom. The number of thioether (sulfide) groups is 1. The van der Waals surface area contributed by atoms with Gasteiger partial charge in [-0.1, -0.05) is 23.1 Å². The number of aryl methyl sites for hydroxylation is 1. The van der Waals surface area contributed by atoms with Crippen LogP contribution in [0.4, 0.5) is 0 Å². The molecule has 1 saturated heterocycles. The zero-order valence-corrected chi connectivity index (χ0v) is 15.0. The number of aromatic nitrogens is 6. The fourth-order valence-corrected chi connectivity index (χ4v) is 4.41. The molecule has 0 radical (unpaired) electrons. The Balaban J connectivity index is 1.62.